The first-order chi connectivity index (χ1) is 8.19. The molecule has 1 rings (SSSR count). The Morgan fingerprint density at radius 2 is 2.12 bits per heavy atom. The van der Waals surface area contributed by atoms with Crippen LogP contribution >= 0.6 is 23.2 Å². The fraction of sp³-hybridized carbons (Fsp3) is 0.500. The van der Waals surface area contributed by atoms with E-state index in [0.717, 1.165) is 18.5 Å². The Labute approximate surface area is 112 Å². The van der Waals surface area contributed by atoms with Crippen LogP contribution in [0.5, 0.6) is 5.75 Å². The molecule has 0 aliphatic carbocycles. The summed E-state index contributed by atoms with van der Waals surface area (Å²) < 4.78 is 5.50. The van der Waals surface area contributed by atoms with Gasteiger partial charge in [0, 0.05) is 23.7 Å². The molecule has 0 spiro atoms. The van der Waals surface area contributed by atoms with E-state index < -0.39 is 0 Å². The lowest BCUT2D eigenvalue weighted by Crippen LogP contribution is -2.16. The fourth-order valence-electron chi connectivity index (χ4n) is 1.48. The van der Waals surface area contributed by atoms with Crippen LogP contribution in [0.1, 0.15) is 18.9 Å². The maximum Gasteiger partial charge on any atom is 0.142 e. The minimum absolute atomic E-state index is 0.182. The third kappa shape index (κ3) is 4.72. The summed E-state index contributed by atoms with van der Waals surface area (Å²) in [5.41, 5.74) is 0.933. The third-order valence-corrected chi connectivity index (χ3v) is 2.70. The predicted molar refractivity (Wildman–Crippen MR) is 71.0 cm³/mol. The number of benzene rings is 1. The third-order valence-electron chi connectivity index (χ3n) is 2.20. The fourth-order valence-corrected chi connectivity index (χ4v) is 2.07. The highest BCUT2D eigenvalue weighted by Crippen LogP contribution is 2.32. The number of hydrogen-bond acceptors (Lipinski definition) is 3. The van der Waals surface area contributed by atoms with E-state index in [2.05, 4.69) is 5.32 Å². The quantitative estimate of drug-likeness (QED) is 0.753. The first kappa shape index (κ1) is 14.6. The van der Waals surface area contributed by atoms with Crippen LogP contribution < -0.4 is 10.1 Å². The molecule has 0 fully saturated rings. The average molecular weight is 278 g/mol. The highest BCUT2D eigenvalue weighted by atomic mass is 35.5. The number of rotatable bonds is 7. The first-order valence-electron chi connectivity index (χ1n) is 5.61. The van der Waals surface area contributed by atoms with Crippen molar-refractivity contribution in [2.45, 2.75) is 19.9 Å². The van der Waals surface area contributed by atoms with Crippen molar-refractivity contribution >= 4 is 23.2 Å². The van der Waals surface area contributed by atoms with Crippen molar-refractivity contribution in [3.8, 4) is 5.75 Å². The molecule has 0 aliphatic heterocycles. The van der Waals surface area contributed by atoms with Crippen LogP contribution in [0, 0.1) is 0 Å². The average Bonchev–Trinajstić information content (AvgIpc) is 2.29. The van der Waals surface area contributed by atoms with E-state index in [1.54, 1.807) is 6.07 Å². The van der Waals surface area contributed by atoms with Gasteiger partial charge in [-0.2, -0.15) is 0 Å². The van der Waals surface area contributed by atoms with Crippen molar-refractivity contribution in [3.63, 3.8) is 0 Å². The Bertz CT molecular complexity index is 359. The largest absolute Gasteiger partial charge is 0.492 e. The lowest BCUT2D eigenvalue weighted by Gasteiger charge is -2.13. The molecular formula is C12H17Cl2NO2. The van der Waals surface area contributed by atoms with Crippen LogP contribution in [0.3, 0.4) is 0 Å². The van der Waals surface area contributed by atoms with Gasteiger partial charge in [-0.05, 0) is 32.0 Å². The molecule has 0 saturated heterocycles. The highest BCUT2D eigenvalue weighted by molar-refractivity contribution is 6.35. The number of hydrogen-bond donors (Lipinski definition) is 2. The molecule has 0 aromatic heterocycles. The summed E-state index contributed by atoms with van der Waals surface area (Å²) in [5.74, 6) is 0.676. The van der Waals surface area contributed by atoms with E-state index >= 15 is 0 Å². The minimum atomic E-state index is 0.182. The Kier molecular flexibility index (Phi) is 6.66. The second-order valence-electron chi connectivity index (χ2n) is 3.56. The monoisotopic (exact) mass is 277 g/mol. The zero-order valence-electron chi connectivity index (χ0n) is 9.80. The molecule has 1 aromatic carbocycles. The number of nitrogens with one attached hydrogen (secondary N) is 1. The molecule has 0 radical (unpaired) electrons. The molecule has 96 valence electrons. The van der Waals surface area contributed by atoms with Crippen LogP contribution in [-0.2, 0) is 6.54 Å². The van der Waals surface area contributed by atoms with E-state index in [4.69, 9.17) is 33.0 Å². The standard InChI is InChI=1S/C12H17Cl2NO2/c1-2-17-12-9(8-15-4-3-5-16)6-10(13)7-11(12)14/h6-7,15-16H,2-5,8H2,1H3. The van der Waals surface area contributed by atoms with E-state index in [1.165, 1.54) is 0 Å². The highest BCUT2D eigenvalue weighted by Gasteiger charge is 2.09. The molecule has 0 heterocycles. The van der Waals surface area contributed by atoms with Crippen molar-refractivity contribution in [2.75, 3.05) is 19.8 Å². The maximum atomic E-state index is 8.68. The summed E-state index contributed by atoms with van der Waals surface area (Å²) in [6.07, 6.45) is 0.721. The van der Waals surface area contributed by atoms with Crippen LogP contribution in [0.4, 0.5) is 0 Å². The van der Waals surface area contributed by atoms with Crippen molar-refractivity contribution in [1.29, 1.82) is 0 Å². The molecule has 17 heavy (non-hydrogen) atoms. The zero-order chi connectivity index (χ0) is 12.7. The van der Waals surface area contributed by atoms with Gasteiger partial charge in [-0.25, -0.2) is 0 Å². The number of aliphatic hydroxyl groups is 1. The van der Waals surface area contributed by atoms with Gasteiger partial charge in [-0.3, -0.25) is 0 Å². The van der Waals surface area contributed by atoms with Gasteiger partial charge in [-0.15, -0.1) is 0 Å². The van der Waals surface area contributed by atoms with E-state index in [1.807, 2.05) is 13.0 Å². The molecule has 3 nitrogen and oxygen atoms in total. The van der Waals surface area contributed by atoms with Crippen LogP contribution in [0.2, 0.25) is 10.0 Å². The van der Waals surface area contributed by atoms with Gasteiger partial charge in [0.05, 0.1) is 11.6 Å². The lowest BCUT2D eigenvalue weighted by molar-refractivity contribution is 0.285. The number of aliphatic hydroxyl groups excluding tert-OH is 1. The molecule has 1 aromatic rings. The SMILES string of the molecule is CCOc1c(Cl)cc(Cl)cc1CNCCCO. The molecule has 5 heteroatoms. The minimum Gasteiger partial charge on any atom is -0.492 e. The molecular weight excluding hydrogens is 261 g/mol. The van der Waals surface area contributed by atoms with Gasteiger partial charge >= 0.3 is 0 Å². The van der Waals surface area contributed by atoms with Gasteiger partial charge < -0.3 is 15.2 Å². The zero-order valence-corrected chi connectivity index (χ0v) is 11.3. The summed E-state index contributed by atoms with van der Waals surface area (Å²) in [6.45, 7) is 4.02. The lowest BCUT2D eigenvalue weighted by atomic mass is 10.2. The predicted octanol–water partition coefficient (Wildman–Crippen LogP) is 2.86. The molecule has 2 N–H and O–H groups in total. The first-order valence-corrected chi connectivity index (χ1v) is 6.37. The molecule has 0 saturated carbocycles. The second-order valence-corrected chi connectivity index (χ2v) is 4.41. The van der Waals surface area contributed by atoms with Gasteiger partial charge in [0.1, 0.15) is 5.75 Å². The Morgan fingerprint density at radius 1 is 1.35 bits per heavy atom. The Hall–Kier alpha value is -0.480. The topological polar surface area (TPSA) is 41.5 Å². The number of halogens is 2. The van der Waals surface area contributed by atoms with E-state index in [9.17, 15) is 0 Å². The van der Waals surface area contributed by atoms with Gasteiger partial charge in [0.25, 0.3) is 0 Å². The number of ether oxygens (including phenoxy) is 1. The van der Waals surface area contributed by atoms with Crippen LogP contribution in [0.25, 0.3) is 0 Å². The van der Waals surface area contributed by atoms with Crippen LogP contribution in [-0.4, -0.2) is 24.9 Å². The molecule has 0 amide bonds. The van der Waals surface area contributed by atoms with Crippen LogP contribution in [0.15, 0.2) is 12.1 Å². The van der Waals surface area contributed by atoms with Gasteiger partial charge in [0.2, 0.25) is 0 Å². The van der Waals surface area contributed by atoms with Crippen molar-refractivity contribution in [1.82, 2.24) is 5.32 Å². The van der Waals surface area contributed by atoms with E-state index in [-0.39, 0.29) is 6.61 Å². The summed E-state index contributed by atoms with van der Waals surface area (Å²) in [7, 11) is 0. The van der Waals surface area contributed by atoms with Crippen molar-refractivity contribution in [3.05, 3.63) is 27.7 Å². The summed E-state index contributed by atoms with van der Waals surface area (Å²) in [6, 6.07) is 3.51. The second kappa shape index (κ2) is 7.77. The molecule has 0 atom stereocenters. The normalized spacial score (nSPS) is 10.6. The summed E-state index contributed by atoms with van der Waals surface area (Å²) in [5, 5.41) is 13.0. The molecule has 0 bridgehead atoms. The Morgan fingerprint density at radius 3 is 2.76 bits per heavy atom. The van der Waals surface area contributed by atoms with Crippen molar-refractivity contribution < 1.29 is 9.84 Å². The maximum absolute atomic E-state index is 8.68. The van der Waals surface area contributed by atoms with E-state index in [0.29, 0.717) is 28.9 Å². The van der Waals surface area contributed by atoms with Gasteiger partial charge in [-0.1, -0.05) is 23.2 Å². The molecule has 0 aliphatic rings. The molecule has 0 unspecified atom stereocenters. The van der Waals surface area contributed by atoms with Crippen molar-refractivity contribution in [2.24, 2.45) is 0 Å². The summed E-state index contributed by atoms with van der Waals surface area (Å²) in [4.78, 5) is 0. The van der Waals surface area contributed by atoms with Gasteiger partial charge in [0.15, 0.2) is 0 Å². The summed E-state index contributed by atoms with van der Waals surface area (Å²) >= 11 is 12.0. The smallest absolute Gasteiger partial charge is 0.142 e. The Balaban J connectivity index is 2.73.